The topological polar surface area (TPSA) is 63.6 Å². The van der Waals surface area contributed by atoms with Gasteiger partial charge in [-0.05, 0) is 19.3 Å². The second-order valence-electron chi connectivity index (χ2n) is 4.41. The number of methoxy groups -OCH3 is 1. The third-order valence-corrected chi connectivity index (χ3v) is 2.57. The fraction of sp³-hybridized carbons (Fsp3) is 0.818. The van der Waals surface area contributed by atoms with Gasteiger partial charge >= 0.3 is 11.9 Å². The first kappa shape index (κ1) is 13.9. The lowest BCUT2D eigenvalue weighted by Gasteiger charge is -2.21. The Labute approximate surface area is 90.6 Å². The van der Waals surface area contributed by atoms with E-state index in [0.29, 0.717) is 12.3 Å². The first-order valence-electron chi connectivity index (χ1n) is 5.16. The summed E-state index contributed by atoms with van der Waals surface area (Å²) < 4.78 is 4.51. The van der Waals surface area contributed by atoms with Crippen LogP contribution in [0.5, 0.6) is 0 Å². The van der Waals surface area contributed by atoms with Crippen molar-refractivity contribution in [3.63, 3.8) is 0 Å². The summed E-state index contributed by atoms with van der Waals surface area (Å²) in [7, 11) is 1.21. The Kier molecular flexibility index (Phi) is 5.33. The largest absolute Gasteiger partial charge is 0.480 e. The quantitative estimate of drug-likeness (QED) is 0.545. The van der Waals surface area contributed by atoms with Crippen molar-refractivity contribution in [2.24, 2.45) is 11.3 Å². The molecule has 88 valence electrons. The molecule has 0 aromatic rings. The summed E-state index contributed by atoms with van der Waals surface area (Å²) in [6.45, 7) is 5.55. The fourth-order valence-electron chi connectivity index (χ4n) is 1.39. The summed E-state index contributed by atoms with van der Waals surface area (Å²) in [5, 5.41) is 9.00. The number of carboxylic acid groups (broad SMARTS) is 1. The monoisotopic (exact) mass is 216 g/mol. The van der Waals surface area contributed by atoms with Gasteiger partial charge in [0.25, 0.3) is 0 Å². The van der Waals surface area contributed by atoms with Gasteiger partial charge in [-0.25, -0.2) is 0 Å². The van der Waals surface area contributed by atoms with Crippen LogP contribution in [0.2, 0.25) is 0 Å². The van der Waals surface area contributed by atoms with Gasteiger partial charge in [-0.3, -0.25) is 9.59 Å². The molecule has 0 aromatic heterocycles. The van der Waals surface area contributed by atoms with E-state index in [9.17, 15) is 9.59 Å². The molecule has 0 aliphatic rings. The van der Waals surface area contributed by atoms with E-state index in [-0.39, 0.29) is 0 Å². The number of rotatable bonds is 6. The van der Waals surface area contributed by atoms with E-state index >= 15 is 0 Å². The molecule has 0 aromatic carbocycles. The molecule has 1 unspecified atom stereocenters. The molecule has 4 nitrogen and oxygen atoms in total. The summed E-state index contributed by atoms with van der Waals surface area (Å²) >= 11 is 0. The number of aliphatic carboxylic acids is 1. The summed E-state index contributed by atoms with van der Waals surface area (Å²) in [5.74, 6) is -1.27. The van der Waals surface area contributed by atoms with E-state index < -0.39 is 17.4 Å². The maximum Gasteiger partial charge on any atom is 0.322 e. The van der Waals surface area contributed by atoms with Crippen LogP contribution in [0.15, 0.2) is 0 Å². The van der Waals surface area contributed by atoms with Gasteiger partial charge in [0.2, 0.25) is 0 Å². The lowest BCUT2D eigenvalue weighted by atomic mass is 9.84. The van der Waals surface area contributed by atoms with Crippen molar-refractivity contribution in [2.45, 2.75) is 40.0 Å². The molecule has 0 spiro atoms. The average molecular weight is 216 g/mol. The van der Waals surface area contributed by atoms with E-state index in [2.05, 4.69) is 18.6 Å². The van der Waals surface area contributed by atoms with Crippen LogP contribution >= 0.6 is 0 Å². The van der Waals surface area contributed by atoms with Crippen LogP contribution in [-0.2, 0) is 14.3 Å². The zero-order valence-corrected chi connectivity index (χ0v) is 9.87. The predicted molar refractivity (Wildman–Crippen MR) is 56.4 cm³/mol. The highest BCUT2D eigenvalue weighted by Crippen LogP contribution is 2.27. The molecule has 0 bridgehead atoms. The highest BCUT2D eigenvalue weighted by molar-refractivity contribution is 5.98. The van der Waals surface area contributed by atoms with Gasteiger partial charge in [0.05, 0.1) is 7.11 Å². The van der Waals surface area contributed by atoms with Crippen LogP contribution in [0.4, 0.5) is 0 Å². The molecular weight excluding hydrogens is 196 g/mol. The SMILES string of the molecule is COC(=O)C(C)(CCCC(C)C)C(=O)O. The fourth-order valence-corrected chi connectivity index (χ4v) is 1.39. The van der Waals surface area contributed by atoms with Crippen molar-refractivity contribution < 1.29 is 19.4 Å². The van der Waals surface area contributed by atoms with Crippen molar-refractivity contribution in [2.75, 3.05) is 7.11 Å². The number of hydrogen-bond donors (Lipinski definition) is 1. The molecule has 0 saturated carbocycles. The number of hydrogen-bond acceptors (Lipinski definition) is 3. The number of carbonyl (C=O) groups excluding carboxylic acids is 1. The normalized spacial score (nSPS) is 14.7. The van der Waals surface area contributed by atoms with Crippen LogP contribution in [0.3, 0.4) is 0 Å². The van der Waals surface area contributed by atoms with E-state index in [4.69, 9.17) is 5.11 Å². The third-order valence-electron chi connectivity index (χ3n) is 2.57. The number of carboxylic acids is 1. The third kappa shape index (κ3) is 3.90. The van der Waals surface area contributed by atoms with Crippen LogP contribution in [0, 0.1) is 11.3 Å². The second kappa shape index (κ2) is 5.73. The van der Waals surface area contributed by atoms with Crippen molar-refractivity contribution in [3.05, 3.63) is 0 Å². The molecule has 4 heteroatoms. The number of ether oxygens (including phenoxy) is 1. The Balaban J connectivity index is 4.40. The summed E-state index contributed by atoms with van der Waals surface area (Å²) in [5.41, 5.74) is -1.40. The molecule has 0 amide bonds. The van der Waals surface area contributed by atoms with E-state index in [1.54, 1.807) is 0 Å². The van der Waals surface area contributed by atoms with Gasteiger partial charge in [-0.1, -0.05) is 26.7 Å². The molecule has 0 fully saturated rings. The molecule has 1 N–H and O–H groups in total. The van der Waals surface area contributed by atoms with Crippen molar-refractivity contribution in [1.29, 1.82) is 0 Å². The molecule has 15 heavy (non-hydrogen) atoms. The van der Waals surface area contributed by atoms with Gasteiger partial charge in [0.15, 0.2) is 5.41 Å². The first-order chi connectivity index (χ1) is 6.84. The van der Waals surface area contributed by atoms with Gasteiger partial charge in [0, 0.05) is 0 Å². The standard InChI is InChI=1S/C11H20O4/c1-8(2)6-5-7-11(3,9(12)13)10(14)15-4/h8H,5-7H2,1-4H3,(H,12,13). The number of carbonyl (C=O) groups is 2. The molecule has 0 aliphatic heterocycles. The molecule has 0 saturated heterocycles. The molecular formula is C11H20O4. The van der Waals surface area contributed by atoms with Crippen LogP contribution in [-0.4, -0.2) is 24.2 Å². The molecule has 0 aliphatic carbocycles. The zero-order valence-electron chi connectivity index (χ0n) is 9.87. The van der Waals surface area contributed by atoms with E-state index in [0.717, 1.165) is 12.8 Å². The van der Waals surface area contributed by atoms with Crippen molar-refractivity contribution in [3.8, 4) is 0 Å². The smallest absolute Gasteiger partial charge is 0.322 e. The zero-order chi connectivity index (χ0) is 12.1. The van der Waals surface area contributed by atoms with Gasteiger partial charge in [-0.2, -0.15) is 0 Å². The molecule has 0 radical (unpaired) electrons. The number of esters is 1. The minimum atomic E-state index is -1.40. The van der Waals surface area contributed by atoms with Crippen molar-refractivity contribution >= 4 is 11.9 Å². The Morgan fingerprint density at radius 2 is 1.93 bits per heavy atom. The Bertz CT molecular complexity index is 235. The van der Waals surface area contributed by atoms with Gasteiger partial charge in [-0.15, -0.1) is 0 Å². The lowest BCUT2D eigenvalue weighted by molar-refractivity contribution is -0.166. The van der Waals surface area contributed by atoms with Crippen LogP contribution < -0.4 is 0 Å². The Morgan fingerprint density at radius 1 is 1.40 bits per heavy atom. The summed E-state index contributed by atoms with van der Waals surface area (Å²) in [6, 6.07) is 0. The van der Waals surface area contributed by atoms with Gasteiger partial charge in [0.1, 0.15) is 0 Å². The predicted octanol–water partition coefficient (Wildman–Crippen LogP) is 2.08. The minimum absolute atomic E-state index is 0.327. The Morgan fingerprint density at radius 3 is 2.27 bits per heavy atom. The second-order valence-corrected chi connectivity index (χ2v) is 4.41. The highest BCUT2D eigenvalue weighted by atomic mass is 16.5. The minimum Gasteiger partial charge on any atom is -0.480 e. The van der Waals surface area contributed by atoms with E-state index in [1.807, 2.05) is 0 Å². The van der Waals surface area contributed by atoms with Crippen LogP contribution in [0.1, 0.15) is 40.0 Å². The van der Waals surface area contributed by atoms with Gasteiger partial charge < -0.3 is 9.84 Å². The van der Waals surface area contributed by atoms with Crippen LogP contribution in [0.25, 0.3) is 0 Å². The van der Waals surface area contributed by atoms with Crippen molar-refractivity contribution in [1.82, 2.24) is 0 Å². The molecule has 0 heterocycles. The highest BCUT2D eigenvalue weighted by Gasteiger charge is 2.41. The van der Waals surface area contributed by atoms with E-state index in [1.165, 1.54) is 14.0 Å². The maximum absolute atomic E-state index is 11.3. The Hall–Kier alpha value is -1.06. The lowest BCUT2D eigenvalue weighted by Crippen LogP contribution is -2.37. The first-order valence-corrected chi connectivity index (χ1v) is 5.16. The average Bonchev–Trinajstić information content (AvgIpc) is 2.15. The maximum atomic E-state index is 11.3. The summed E-state index contributed by atoms with van der Waals surface area (Å²) in [4.78, 5) is 22.3. The molecule has 1 atom stereocenters. The summed E-state index contributed by atoms with van der Waals surface area (Å²) in [6.07, 6.45) is 1.96. The molecule has 0 rings (SSSR count).